The summed E-state index contributed by atoms with van der Waals surface area (Å²) >= 11 is 0. The summed E-state index contributed by atoms with van der Waals surface area (Å²) in [5.74, 6) is -1.33. The summed E-state index contributed by atoms with van der Waals surface area (Å²) in [6.07, 6.45) is 3.53. The summed E-state index contributed by atoms with van der Waals surface area (Å²) in [6, 6.07) is 32.1. The van der Waals surface area contributed by atoms with Gasteiger partial charge in [-0.3, -0.25) is 0 Å². The van der Waals surface area contributed by atoms with Crippen LogP contribution in [0, 0.1) is 5.82 Å². The van der Waals surface area contributed by atoms with Crippen molar-refractivity contribution in [3.05, 3.63) is 132 Å². The van der Waals surface area contributed by atoms with Gasteiger partial charge in [-0.1, -0.05) is 36.4 Å². The lowest BCUT2D eigenvalue weighted by Crippen LogP contribution is -2.09. The molecular formula is C29H21FN4O2. The highest BCUT2D eigenvalue weighted by molar-refractivity contribution is 5.90. The van der Waals surface area contributed by atoms with Crippen molar-refractivity contribution in [2.24, 2.45) is 5.10 Å². The van der Waals surface area contributed by atoms with Gasteiger partial charge < -0.3 is 5.11 Å². The Morgan fingerprint density at radius 2 is 1.42 bits per heavy atom. The molecule has 0 radical (unpaired) electrons. The Balaban J connectivity index is 1.58. The van der Waals surface area contributed by atoms with E-state index in [1.54, 1.807) is 35.2 Å². The highest BCUT2D eigenvalue weighted by Gasteiger charge is 2.14. The minimum atomic E-state index is -0.997. The molecule has 1 aromatic heterocycles. The topological polar surface area (TPSA) is 70.7 Å². The lowest BCUT2D eigenvalue weighted by atomic mass is 10.1. The Morgan fingerprint density at radius 1 is 0.833 bits per heavy atom. The molecule has 0 saturated heterocycles. The number of carboxylic acids is 1. The number of benzene rings is 4. The van der Waals surface area contributed by atoms with Crippen molar-refractivity contribution >= 4 is 23.6 Å². The van der Waals surface area contributed by atoms with Crippen molar-refractivity contribution in [2.75, 3.05) is 5.01 Å². The first-order chi connectivity index (χ1) is 17.6. The van der Waals surface area contributed by atoms with Crippen molar-refractivity contribution in [3.63, 3.8) is 0 Å². The Kier molecular flexibility index (Phi) is 6.36. The highest BCUT2D eigenvalue weighted by Crippen LogP contribution is 2.27. The van der Waals surface area contributed by atoms with E-state index in [4.69, 9.17) is 10.2 Å². The summed E-state index contributed by atoms with van der Waals surface area (Å²) in [4.78, 5) is 11.2. The molecule has 176 valence electrons. The summed E-state index contributed by atoms with van der Waals surface area (Å²) in [5, 5.41) is 20.5. The van der Waals surface area contributed by atoms with Gasteiger partial charge >= 0.3 is 5.97 Å². The van der Waals surface area contributed by atoms with Crippen molar-refractivity contribution in [2.45, 2.75) is 0 Å². The van der Waals surface area contributed by atoms with Crippen molar-refractivity contribution in [1.82, 2.24) is 9.78 Å². The third-order valence-corrected chi connectivity index (χ3v) is 5.55. The average Bonchev–Trinajstić information content (AvgIpc) is 3.35. The standard InChI is InChI=1S/C29H21FN4O2/c30-24-15-11-21(12-16-24)28-23(20-33(32-28)25-17-13-22(14-18-25)29(35)36)19-31-34(26-7-3-1-4-8-26)27-9-5-2-6-10-27/h1-20H,(H,35,36)/b31-19+. The van der Waals surface area contributed by atoms with Gasteiger partial charge in [0.2, 0.25) is 0 Å². The average molecular weight is 477 g/mol. The Hall–Kier alpha value is -5.04. The van der Waals surface area contributed by atoms with Crippen molar-refractivity contribution in [3.8, 4) is 16.9 Å². The molecule has 0 fully saturated rings. The van der Waals surface area contributed by atoms with Crippen LogP contribution in [0.1, 0.15) is 15.9 Å². The zero-order valence-electron chi connectivity index (χ0n) is 19.1. The van der Waals surface area contributed by atoms with Gasteiger partial charge in [-0.25, -0.2) is 18.9 Å². The Labute approximate surface area is 207 Å². The lowest BCUT2D eigenvalue weighted by molar-refractivity contribution is 0.0697. The molecule has 0 aliphatic heterocycles. The number of para-hydroxylation sites is 2. The number of hydrogen-bond donors (Lipinski definition) is 1. The van der Waals surface area contributed by atoms with Gasteiger partial charge in [0.15, 0.2) is 0 Å². The van der Waals surface area contributed by atoms with Gasteiger partial charge in [0, 0.05) is 17.3 Å². The summed E-state index contributed by atoms with van der Waals surface area (Å²) in [5.41, 5.74) is 4.70. The maximum atomic E-state index is 13.6. The van der Waals surface area contributed by atoms with Crippen LogP contribution in [0.4, 0.5) is 15.8 Å². The summed E-state index contributed by atoms with van der Waals surface area (Å²) in [7, 11) is 0. The fraction of sp³-hybridized carbons (Fsp3) is 0. The number of rotatable bonds is 7. The third-order valence-electron chi connectivity index (χ3n) is 5.55. The molecule has 5 aromatic rings. The first-order valence-corrected chi connectivity index (χ1v) is 11.2. The van der Waals surface area contributed by atoms with Crippen molar-refractivity contribution in [1.29, 1.82) is 0 Å². The zero-order valence-corrected chi connectivity index (χ0v) is 19.1. The highest BCUT2D eigenvalue weighted by atomic mass is 19.1. The van der Waals surface area contributed by atoms with Crippen LogP contribution < -0.4 is 5.01 Å². The van der Waals surface area contributed by atoms with E-state index in [2.05, 4.69) is 0 Å². The zero-order chi connectivity index (χ0) is 24.9. The number of anilines is 2. The van der Waals surface area contributed by atoms with E-state index in [9.17, 15) is 14.3 Å². The first kappa shape index (κ1) is 22.7. The minimum absolute atomic E-state index is 0.188. The van der Waals surface area contributed by atoms with E-state index in [0.29, 0.717) is 16.9 Å². The predicted octanol–water partition coefficient (Wildman–Crippen LogP) is 6.55. The third kappa shape index (κ3) is 4.90. The summed E-state index contributed by atoms with van der Waals surface area (Å²) in [6.45, 7) is 0. The number of nitrogens with zero attached hydrogens (tertiary/aromatic N) is 4. The quantitative estimate of drug-likeness (QED) is 0.214. The molecule has 1 heterocycles. The van der Waals surface area contributed by atoms with Crippen LogP contribution in [0.3, 0.4) is 0 Å². The lowest BCUT2D eigenvalue weighted by Gasteiger charge is -2.19. The molecule has 36 heavy (non-hydrogen) atoms. The monoisotopic (exact) mass is 476 g/mol. The first-order valence-electron chi connectivity index (χ1n) is 11.2. The van der Waals surface area contributed by atoms with Gasteiger partial charge in [-0.2, -0.15) is 10.2 Å². The maximum Gasteiger partial charge on any atom is 0.335 e. The fourth-order valence-electron chi connectivity index (χ4n) is 3.74. The number of carbonyl (C=O) groups is 1. The number of carboxylic acid groups (broad SMARTS) is 1. The van der Waals surface area contributed by atoms with Crippen LogP contribution >= 0.6 is 0 Å². The molecule has 7 heteroatoms. The molecule has 6 nitrogen and oxygen atoms in total. The number of aromatic nitrogens is 2. The molecule has 0 spiro atoms. The Morgan fingerprint density at radius 3 is 1.97 bits per heavy atom. The van der Waals surface area contributed by atoms with E-state index in [0.717, 1.165) is 16.9 Å². The number of hydrazone groups is 1. The van der Waals surface area contributed by atoms with Gasteiger partial charge in [0.25, 0.3) is 0 Å². The second kappa shape index (κ2) is 10.1. The van der Waals surface area contributed by atoms with Gasteiger partial charge in [0.1, 0.15) is 11.5 Å². The molecule has 1 N–H and O–H groups in total. The van der Waals surface area contributed by atoms with E-state index in [1.165, 1.54) is 24.3 Å². The molecule has 5 rings (SSSR count). The smallest absolute Gasteiger partial charge is 0.335 e. The maximum absolute atomic E-state index is 13.6. The molecule has 0 saturated carbocycles. The summed E-state index contributed by atoms with van der Waals surface area (Å²) < 4.78 is 15.3. The Bertz CT molecular complexity index is 1460. The largest absolute Gasteiger partial charge is 0.478 e. The molecule has 0 atom stereocenters. The molecule has 0 bridgehead atoms. The second-order valence-electron chi connectivity index (χ2n) is 7.96. The second-order valence-corrected chi connectivity index (χ2v) is 7.96. The van der Waals surface area contributed by atoms with E-state index in [1.807, 2.05) is 71.9 Å². The van der Waals surface area contributed by atoms with Crippen LogP contribution in [-0.2, 0) is 0 Å². The molecule has 0 aliphatic rings. The SMILES string of the molecule is O=C(O)c1ccc(-n2cc(/C=N/N(c3ccccc3)c3ccccc3)c(-c3ccc(F)cc3)n2)cc1. The molecule has 0 unspecified atom stereocenters. The number of halogens is 1. The number of aromatic carboxylic acids is 1. The van der Waals surface area contributed by atoms with Gasteiger partial charge in [-0.15, -0.1) is 0 Å². The van der Waals surface area contributed by atoms with Crippen LogP contribution in [0.25, 0.3) is 16.9 Å². The normalized spacial score (nSPS) is 11.0. The van der Waals surface area contributed by atoms with Gasteiger partial charge in [0.05, 0.1) is 28.8 Å². The van der Waals surface area contributed by atoms with Crippen molar-refractivity contribution < 1.29 is 14.3 Å². The van der Waals surface area contributed by atoms with E-state index in [-0.39, 0.29) is 11.4 Å². The predicted molar refractivity (Wildman–Crippen MR) is 139 cm³/mol. The van der Waals surface area contributed by atoms with Crippen LogP contribution in [-0.4, -0.2) is 27.1 Å². The molecular weight excluding hydrogens is 455 g/mol. The van der Waals surface area contributed by atoms with Crippen LogP contribution in [0.2, 0.25) is 0 Å². The van der Waals surface area contributed by atoms with Gasteiger partial charge in [-0.05, 0) is 72.8 Å². The van der Waals surface area contributed by atoms with Crippen LogP contribution in [0.5, 0.6) is 0 Å². The molecule has 4 aromatic carbocycles. The molecule has 0 amide bonds. The van der Waals surface area contributed by atoms with Crippen LogP contribution in [0.15, 0.2) is 120 Å². The minimum Gasteiger partial charge on any atom is -0.478 e. The number of hydrogen-bond acceptors (Lipinski definition) is 4. The van der Waals surface area contributed by atoms with E-state index >= 15 is 0 Å². The fourth-order valence-corrected chi connectivity index (χ4v) is 3.74. The van der Waals surface area contributed by atoms with E-state index < -0.39 is 5.97 Å². The molecule has 0 aliphatic carbocycles.